The molecular formula is C22H27ClN4O5S. The Kier molecular flexibility index (Phi) is 7.18. The number of anilines is 1. The molecule has 1 atom stereocenters. The highest BCUT2D eigenvalue weighted by Gasteiger charge is 2.27. The Morgan fingerprint density at radius 1 is 1.33 bits per heavy atom. The number of carbonyl (C=O) groups excluding carboxylic acids is 1. The Morgan fingerprint density at radius 3 is 2.61 bits per heavy atom. The maximum absolute atomic E-state index is 12.4. The number of hydrogen-bond acceptors (Lipinski definition) is 7. The standard InChI is InChI=1S/C22H27ClN4O5S/c1-12(26(6)21(30)32-22(3,4)5)10-15-13(2)16-17(33-15)18(25-19(23)24-16)27(20(28)29)11-14-8-7-9-31-14/h7-9,12H,10-11H2,1-6H3,(H,28,29)/t12-/m0/s1. The number of ether oxygens (including phenoxy) is 1. The van der Waals surface area contributed by atoms with Gasteiger partial charge in [-0.1, -0.05) is 0 Å². The van der Waals surface area contributed by atoms with Crippen LogP contribution in [0.1, 0.15) is 43.9 Å². The van der Waals surface area contributed by atoms with Crippen LogP contribution in [0.3, 0.4) is 0 Å². The highest BCUT2D eigenvalue weighted by molar-refractivity contribution is 7.19. The molecule has 0 saturated heterocycles. The summed E-state index contributed by atoms with van der Waals surface area (Å²) in [6.45, 7) is 9.27. The molecule has 3 aromatic rings. The summed E-state index contributed by atoms with van der Waals surface area (Å²) >= 11 is 7.56. The number of carboxylic acid groups (broad SMARTS) is 1. The third-order valence-corrected chi connectivity index (χ3v) is 6.49. The summed E-state index contributed by atoms with van der Waals surface area (Å²) in [5.74, 6) is 0.669. The first-order valence-corrected chi connectivity index (χ1v) is 11.5. The molecule has 0 fully saturated rings. The lowest BCUT2D eigenvalue weighted by Crippen LogP contribution is -2.40. The Labute approximate surface area is 200 Å². The van der Waals surface area contributed by atoms with Crippen LogP contribution in [-0.2, 0) is 17.7 Å². The summed E-state index contributed by atoms with van der Waals surface area (Å²) in [5.41, 5.74) is 0.866. The quantitative estimate of drug-likeness (QED) is 0.436. The molecule has 3 heterocycles. The number of carbonyl (C=O) groups is 2. The summed E-state index contributed by atoms with van der Waals surface area (Å²) in [4.78, 5) is 36.7. The zero-order valence-corrected chi connectivity index (χ0v) is 21.0. The molecule has 0 unspecified atom stereocenters. The number of rotatable bonds is 6. The average molecular weight is 495 g/mol. The summed E-state index contributed by atoms with van der Waals surface area (Å²) in [6.07, 6.45) is 0.416. The van der Waals surface area contributed by atoms with Gasteiger partial charge in [0.2, 0.25) is 5.28 Å². The Bertz CT molecular complexity index is 1160. The molecule has 0 radical (unpaired) electrons. The maximum Gasteiger partial charge on any atom is 0.413 e. The number of aryl methyl sites for hydroxylation is 1. The lowest BCUT2D eigenvalue weighted by atomic mass is 10.1. The van der Waals surface area contributed by atoms with Gasteiger partial charge in [-0.25, -0.2) is 14.6 Å². The summed E-state index contributed by atoms with van der Waals surface area (Å²) < 4.78 is 11.4. The topological polar surface area (TPSA) is 109 Å². The van der Waals surface area contributed by atoms with Gasteiger partial charge in [-0.15, -0.1) is 11.3 Å². The minimum absolute atomic E-state index is 0.0190. The molecule has 9 nitrogen and oxygen atoms in total. The van der Waals surface area contributed by atoms with Crippen LogP contribution in [0.4, 0.5) is 15.4 Å². The second-order valence-corrected chi connectivity index (χ2v) is 10.2. The highest BCUT2D eigenvalue weighted by Crippen LogP contribution is 2.38. The van der Waals surface area contributed by atoms with Crippen LogP contribution >= 0.6 is 22.9 Å². The molecule has 0 aliphatic rings. The Morgan fingerprint density at radius 2 is 2.03 bits per heavy atom. The second kappa shape index (κ2) is 9.56. The zero-order chi connectivity index (χ0) is 24.5. The van der Waals surface area contributed by atoms with E-state index in [0.29, 0.717) is 22.4 Å². The number of fused-ring (bicyclic) bond motifs is 1. The number of furan rings is 1. The van der Waals surface area contributed by atoms with Crippen molar-refractivity contribution in [2.24, 2.45) is 0 Å². The summed E-state index contributed by atoms with van der Waals surface area (Å²) in [7, 11) is 1.69. The van der Waals surface area contributed by atoms with Gasteiger partial charge in [0.1, 0.15) is 11.4 Å². The van der Waals surface area contributed by atoms with E-state index in [4.69, 9.17) is 20.8 Å². The molecule has 0 spiro atoms. The number of nitrogens with zero attached hydrogens (tertiary/aromatic N) is 4. The molecule has 33 heavy (non-hydrogen) atoms. The van der Waals surface area contributed by atoms with Crippen molar-refractivity contribution in [3.63, 3.8) is 0 Å². The van der Waals surface area contributed by atoms with E-state index < -0.39 is 17.8 Å². The summed E-state index contributed by atoms with van der Waals surface area (Å²) in [5, 5.41) is 9.80. The summed E-state index contributed by atoms with van der Waals surface area (Å²) in [6, 6.07) is 3.21. The monoisotopic (exact) mass is 494 g/mol. The second-order valence-electron chi connectivity index (χ2n) is 8.74. The van der Waals surface area contributed by atoms with Crippen molar-refractivity contribution in [1.82, 2.24) is 14.9 Å². The molecule has 2 amide bonds. The van der Waals surface area contributed by atoms with Gasteiger partial charge in [-0.05, 0) is 63.9 Å². The van der Waals surface area contributed by atoms with Crippen molar-refractivity contribution in [2.75, 3.05) is 11.9 Å². The highest BCUT2D eigenvalue weighted by atomic mass is 35.5. The van der Waals surface area contributed by atoms with Gasteiger partial charge in [0.05, 0.1) is 23.0 Å². The smallest absolute Gasteiger partial charge is 0.413 e. The molecule has 0 saturated carbocycles. The SMILES string of the molecule is Cc1c(C[C@H](C)N(C)C(=O)OC(C)(C)C)sc2c(N(Cc3ccco3)C(=O)O)nc(Cl)nc12. The molecule has 11 heteroatoms. The minimum atomic E-state index is -1.19. The van der Waals surface area contributed by atoms with Crippen molar-refractivity contribution in [3.05, 3.63) is 39.9 Å². The van der Waals surface area contributed by atoms with E-state index in [1.54, 1.807) is 24.1 Å². The fourth-order valence-electron chi connectivity index (χ4n) is 3.18. The number of halogens is 1. The van der Waals surface area contributed by atoms with Gasteiger partial charge in [0.15, 0.2) is 5.82 Å². The predicted octanol–water partition coefficient (Wildman–Crippen LogP) is 5.73. The Hall–Kier alpha value is -2.85. The Balaban J connectivity index is 1.95. The maximum atomic E-state index is 12.4. The fraction of sp³-hybridized carbons (Fsp3) is 0.455. The van der Waals surface area contributed by atoms with E-state index in [-0.39, 0.29) is 23.7 Å². The normalized spacial score (nSPS) is 12.6. The number of aromatic nitrogens is 2. The van der Waals surface area contributed by atoms with Crippen LogP contribution in [-0.4, -0.2) is 50.9 Å². The first kappa shape index (κ1) is 24.8. The van der Waals surface area contributed by atoms with Crippen molar-refractivity contribution in [1.29, 1.82) is 0 Å². The average Bonchev–Trinajstić information content (AvgIpc) is 3.32. The molecule has 3 aromatic heterocycles. The van der Waals surface area contributed by atoms with Crippen LogP contribution in [0.25, 0.3) is 10.2 Å². The van der Waals surface area contributed by atoms with E-state index in [2.05, 4.69) is 9.97 Å². The molecular weight excluding hydrogens is 468 g/mol. The van der Waals surface area contributed by atoms with Gasteiger partial charge in [0, 0.05) is 24.4 Å². The van der Waals surface area contributed by atoms with Gasteiger partial charge in [-0.3, -0.25) is 4.90 Å². The lowest BCUT2D eigenvalue weighted by Gasteiger charge is -2.28. The van der Waals surface area contributed by atoms with Gasteiger partial charge in [-0.2, -0.15) is 4.98 Å². The molecule has 0 bridgehead atoms. The van der Waals surface area contributed by atoms with E-state index in [1.807, 2.05) is 34.6 Å². The first-order chi connectivity index (χ1) is 15.4. The van der Waals surface area contributed by atoms with Crippen LogP contribution in [0.15, 0.2) is 22.8 Å². The predicted molar refractivity (Wildman–Crippen MR) is 127 cm³/mol. The number of hydrogen-bond donors (Lipinski definition) is 1. The van der Waals surface area contributed by atoms with Crippen LogP contribution < -0.4 is 4.90 Å². The molecule has 0 aliphatic carbocycles. The van der Waals surface area contributed by atoms with Crippen LogP contribution in [0, 0.1) is 6.92 Å². The number of amides is 2. The molecule has 3 rings (SSSR count). The molecule has 1 N–H and O–H groups in total. The number of thiophene rings is 1. The van der Waals surface area contributed by atoms with Crippen molar-refractivity contribution in [2.45, 2.75) is 59.2 Å². The van der Waals surface area contributed by atoms with Crippen molar-refractivity contribution < 1.29 is 23.8 Å². The molecule has 0 aliphatic heterocycles. The molecule has 0 aromatic carbocycles. The van der Waals surface area contributed by atoms with E-state index in [9.17, 15) is 14.7 Å². The number of likely N-dealkylation sites (N-methyl/N-ethyl adjacent to an activating group) is 1. The third-order valence-electron chi connectivity index (χ3n) is 5.02. The van der Waals surface area contributed by atoms with E-state index in [1.165, 1.54) is 17.6 Å². The minimum Gasteiger partial charge on any atom is -0.467 e. The van der Waals surface area contributed by atoms with Crippen LogP contribution in [0.5, 0.6) is 0 Å². The van der Waals surface area contributed by atoms with Gasteiger partial charge < -0.3 is 19.2 Å². The first-order valence-electron chi connectivity index (χ1n) is 10.3. The van der Waals surface area contributed by atoms with Gasteiger partial charge >= 0.3 is 12.2 Å². The van der Waals surface area contributed by atoms with Crippen molar-refractivity contribution >= 4 is 51.2 Å². The van der Waals surface area contributed by atoms with Crippen LogP contribution in [0.2, 0.25) is 5.28 Å². The van der Waals surface area contributed by atoms with Gasteiger partial charge in [0.25, 0.3) is 0 Å². The largest absolute Gasteiger partial charge is 0.467 e. The van der Waals surface area contributed by atoms with Crippen molar-refractivity contribution in [3.8, 4) is 0 Å². The molecule has 178 valence electrons. The lowest BCUT2D eigenvalue weighted by molar-refractivity contribution is 0.0236. The third kappa shape index (κ3) is 5.75. The zero-order valence-electron chi connectivity index (χ0n) is 19.4. The van der Waals surface area contributed by atoms with E-state index in [0.717, 1.165) is 15.3 Å². The van der Waals surface area contributed by atoms with E-state index >= 15 is 0 Å². The fourth-order valence-corrected chi connectivity index (χ4v) is 4.71.